The Bertz CT molecular complexity index is 958. The predicted molar refractivity (Wildman–Crippen MR) is 93.5 cm³/mol. The number of hydrogen-bond donors (Lipinski definition) is 1. The van der Waals surface area contributed by atoms with Gasteiger partial charge in [0.05, 0.1) is 0 Å². The first-order valence-corrected chi connectivity index (χ1v) is 7.68. The third-order valence-corrected chi connectivity index (χ3v) is 3.92. The first-order chi connectivity index (χ1) is 11.5. The molecule has 0 atom stereocenters. The molecule has 0 unspecified atom stereocenters. The van der Waals surface area contributed by atoms with Crippen LogP contribution in [0.25, 0.3) is 11.3 Å². The summed E-state index contributed by atoms with van der Waals surface area (Å²) in [5.41, 5.74) is 1.84. The number of anilines is 1. The summed E-state index contributed by atoms with van der Waals surface area (Å²) in [5.74, 6) is -0.520. The normalized spacial score (nSPS) is 10.6. The van der Waals surface area contributed by atoms with Crippen LogP contribution in [0.4, 0.5) is 5.69 Å². The van der Waals surface area contributed by atoms with Crippen LogP contribution < -0.4 is 10.9 Å². The number of nitrogens with one attached hydrogen (secondary N) is 1. The average Bonchev–Trinajstić information content (AvgIpc) is 2.85. The van der Waals surface area contributed by atoms with Gasteiger partial charge in [0, 0.05) is 23.3 Å². The molecule has 0 fully saturated rings. The zero-order valence-electron chi connectivity index (χ0n) is 13.2. The Morgan fingerprint density at radius 3 is 2.54 bits per heavy atom. The van der Waals surface area contributed by atoms with Crippen LogP contribution in [0.5, 0.6) is 0 Å². The summed E-state index contributed by atoms with van der Waals surface area (Å²) in [5, 5.41) is 3.33. The highest BCUT2D eigenvalue weighted by Gasteiger charge is 2.24. The lowest BCUT2D eigenvalue weighted by molar-refractivity contribution is 0.102. The van der Waals surface area contributed by atoms with Gasteiger partial charge in [0.15, 0.2) is 5.56 Å². The summed E-state index contributed by atoms with van der Waals surface area (Å²) < 4.78 is 6.39. The molecule has 0 bridgehead atoms. The third-order valence-electron chi connectivity index (χ3n) is 3.69. The second kappa shape index (κ2) is 6.37. The van der Waals surface area contributed by atoms with Crippen molar-refractivity contribution in [3.63, 3.8) is 0 Å². The van der Waals surface area contributed by atoms with Gasteiger partial charge in [-0.3, -0.25) is 4.79 Å². The topological polar surface area (TPSA) is 64.2 Å². The lowest BCUT2D eigenvalue weighted by Gasteiger charge is -2.09. The number of carbonyl (C=O) groups is 1. The summed E-state index contributed by atoms with van der Waals surface area (Å²) in [6.07, 6.45) is 0. The van der Waals surface area contributed by atoms with Gasteiger partial charge in [-0.1, -0.05) is 41.9 Å². The van der Waals surface area contributed by atoms with Gasteiger partial charge in [-0.15, -0.1) is 0 Å². The summed E-state index contributed by atoms with van der Waals surface area (Å²) in [7, 11) is 1.59. The molecule has 24 heavy (non-hydrogen) atoms. The van der Waals surface area contributed by atoms with Crippen molar-refractivity contribution >= 4 is 23.2 Å². The third kappa shape index (κ3) is 2.98. The molecule has 1 N–H and O–H groups in total. The zero-order valence-corrected chi connectivity index (χ0v) is 13.9. The molecular weight excluding hydrogens is 328 g/mol. The zero-order chi connectivity index (χ0) is 17.3. The van der Waals surface area contributed by atoms with Crippen LogP contribution in [0.2, 0.25) is 5.02 Å². The molecule has 3 aromatic rings. The molecule has 2 aromatic carbocycles. The molecule has 1 amide bonds. The Morgan fingerprint density at radius 2 is 1.88 bits per heavy atom. The molecule has 1 aromatic heterocycles. The van der Waals surface area contributed by atoms with Gasteiger partial charge in [0.25, 0.3) is 5.91 Å². The number of rotatable bonds is 3. The second-order valence-corrected chi connectivity index (χ2v) is 5.82. The fourth-order valence-corrected chi connectivity index (χ4v) is 2.77. The van der Waals surface area contributed by atoms with E-state index in [4.69, 9.17) is 16.1 Å². The standard InChI is InChI=1S/C18H15ClN2O3/c1-11-10-13(19)8-9-14(11)20-17(22)15-16(21(2)24-18(15)23)12-6-4-3-5-7-12/h3-10H,1-2H3,(H,20,22). The van der Waals surface area contributed by atoms with Crippen LogP contribution >= 0.6 is 11.6 Å². The van der Waals surface area contributed by atoms with Gasteiger partial charge in [0.2, 0.25) is 0 Å². The van der Waals surface area contributed by atoms with Crippen molar-refractivity contribution < 1.29 is 9.32 Å². The van der Waals surface area contributed by atoms with Crippen LogP contribution in [-0.2, 0) is 7.05 Å². The Morgan fingerprint density at radius 1 is 1.17 bits per heavy atom. The molecule has 0 spiro atoms. The second-order valence-electron chi connectivity index (χ2n) is 5.38. The largest absolute Gasteiger partial charge is 0.370 e. The Hall–Kier alpha value is -2.79. The van der Waals surface area contributed by atoms with Crippen molar-refractivity contribution in [1.29, 1.82) is 0 Å². The van der Waals surface area contributed by atoms with Crippen LogP contribution in [0.1, 0.15) is 15.9 Å². The van der Waals surface area contributed by atoms with E-state index in [9.17, 15) is 9.59 Å². The van der Waals surface area contributed by atoms with Gasteiger partial charge in [-0.05, 0) is 30.7 Å². The van der Waals surface area contributed by atoms with E-state index in [0.717, 1.165) is 11.1 Å². The lowest BCUT2D eigenvalue weighted by Crippen LogP contribution is -2.19. The van der Waals surface area contributed by atoms with Gasteiger partial charge in [-0.25, -0.2) is 9.53 Å². The number of aromatic nitrogens is 1. The predicted octanol–water partition coefficient (Wildman–Crippen LogP) is 3.86. The van der Waals surface area contributed by atoms with Crippen molar-refractivity contribution in [2.45, 2.75) is 6.92 Å². The smallest absolute Gasteiger partial charge is 0.335 e. The Kier molecular flexibility index (Phi) is 4.27. The summed E-state index contributed by atoms with van der Waals surface area (Å²) >= 11 is 5.92. The number of benzene rings is 2. The maximum absolute atomic E-state index is 12.7. The van der Waals surface area contributed by atoms with Gasteiger partial charge in [0.1, 0.15) is 5.69 Å². The Balaban J connectivity index is 2.03. The van der Waals surface area contributed by atoms with E-state index in [1.165, 1.54) is 4.74 Å². The van der Waals surface area contributed by atoms with Gasteiger partial charge < -0.3 is 9.84 Å². The molecule has 0 saturated carbocycles. The minimum absolute atomic E-state index is 0.0296. The number of aryl methyl sites for hydroxylation is 2. The van der Waals surface area contributed by atoms with E-state index >= 15 is 0 Å². The summed E-state index contributed by atoms with van der Waals surface area (Å²) in [6, 6.07) is 14.3. The van der Waals surface area contributed by atoms with E-state index in [0.29, 0.717) is 16.4 Å². The quantitative estimate of drug-likeness (QED) is 0.786. The molecular formula is C18H15ClN2O3. The highest BCUT2D eigenvalue weighted by molar-refractivity contribution is 6.30. The van der Waals surface area contributed by atoms with E-state index in [1.54, 1.807) is 25.2 Å². The van der Waals surface area contributed by atoms with E-state index < -0.39 is 11.5 Å². The molecule has 3 rings (SSSR count). The SMILES string of the molecule is Cc1cc(Cl)ccc1NC(=O)c1c(-c2ccccc2)n(C)oc1=O. The maximum Gasteiger partial charge on any atom is 0.370 e. The minimum atomic E-state index is -0.680. The molecule has 6 heteroatoms. The van der Waals surface area contributed by atoms with Crippen LogP contribution in [-0.4, -0.2) is 10.6 Å². The number of halogens is 1. The van der Waals surface area contributed by atoms with Crippen molar-refractivity contribution in [2.75, 3.05) is 5.32 Å². The fourth-order valence-electron chi connectivity index (χ4n) is 2.54. The van der Waals surface area contributed by atoms with Crippen LogP contribution in [0.15, 0.2) is 57.8 Å². The maximum atomic E-state index is 12.7. The van der Waals surface area contributed by atoms with Gasteiger partial charge >= 0.3 is 5.63 Å². The molecule has 0 radical (unpaired) electrons. The molecule has 0 aliphatic carbocycles. The lowest BCUT2D eigenvalue weighted by atomic mass is 10.1. The van der Waals surface area contributed by atoms with Crippen LogP contribution in [0.3, 0.4) is 0 Å². The van der Waals surface area contributed by atoms with Crippen molar-refractivity contribution in [3.8, 4) is 11.3 Å². The number of hydrogen-bond acceptors (Lipinski definition) is 3. The fraction of sp³-hybridized carbons (Fsp3) is 0.111. The number of nitrogens with zero attached hydrogens (tertiary/aromatic N) is 1. The molecule has 0 aliphatic heterocycles. The molecule has 122 valence electrons. The summed E-state index contributed by atoms with van der Waals surface area (Å²) in [4.78, 5) is 24.8. The van der Waals surface area contributed by atoms with E-state index in [1.807, 2.05) is 37.3 Å². The molecule has 5 nitrogen and oxygen atoms in total. The molecule has 1 heterocycles. The first-order valence-electron chi connectivity index (χ1n) is 7.30. The summed E-state index contributed by atoms with van der Waals surface area (Å²) in [6.45, 7) is 1.83. The van der Waals surface area contributed by atoms with E-state index in [2.05, 4.69) is 5.32 Å². The van der Waals surface area contributed by atoms with Crippen LogP contribution in [0, 0.1) is 6.92 Å². The highest BCUT2D eigenvalue weighted by Crippen LogP contribution is 2.24. The van der Waals surface area contributed by atoms with Crippen molar-refractivity contribution in [1.82, 2.24) is 4.74 Å². The monoisotopic (exact) mass is 342 g/mol. The molecule has 0 saturated heterocycles. The van der Waals surface area contributed by atoms with Crippen molar-refractivity contribution in [2.24, 2.45) is 7.05 Å². The van der Waals surface area contributed by atoms with E-state index in [-0.39, 0.29) is 5.56 Å². The average molecular weight is 343 g/mol. The number of amides is 1. The Labute approximate surface area is 143 Å². The minimum Gasteiger partial charge on any atom is -0.335 e. The van der Waals surface area contributed by atoms with Crippen molar-refractivity contribution in [3.05, 3.63) is 75.1 Å². The van der Waals surface area contributed by atoms with Gasteiger partial charge in [-0.2, -0.15) is 0 Å². The number of carbonyl (C=O) groups excluding carboxylic acids is 1. The highest BCUT2D eigenvalue weighted by atomic mass is 35.5. The first kappa shape index (κ1) is 16.1. The molecule has 0 aliphatic rings.